The molecule has 2 N–H and O–H groups in total. The third kappa shape index (κ3) is 7.21. The van der Waals surface area contributed by atoms with E-state index in [1.165, 1.54) is 12.1 Å². The molecule has 3 aliphatic rings. The zero-order valence-corrected chi connectivity index (χ0v) is 27.4. The van der Waals surface area contributed by atoms with Gasteiger partial charge in [0.15, 0.2) is 11.6 Å². The van der Waals surface area contributed by atoms with Crippen molar-refractivity contribution in [3.05, 3.63) is 106 Å². The number of rotatable bonds is 7. The van der Waals surface area contributed by atoms with Crippen LogP contribution in [-0.4, -0.2) is 35.2 Å². The number of alkyl halides is 6. The minimum Gasteiger partial charge on any atom is -0.505 e. The molecular weight excluding hydrogens is 682 g/mol. The smallest absolute Gasteiger partial charge is 0.455 e. The lowest BCUT2D eigenvalue weighted by molar-refractivity contribution is -0.143. The number of fused-ring (bicyclic) bond motifs is 3. The monoisotopic (exact) mass is 715 g/mol. The van der Waals surface area contributed by atoms with Crippen molar-refractivity contribution in [2.24, 2.45) is 23.7 Å². The molecule has 51 heavy (non-hydrogen) atoms. The summed E-state index contributed by atoms with van der Waals surface area (Å²) in [5.41, 5.74) is -0.604. The first-order valence-electron chi connectivity index (χ1n) is 16.4. The van der Waals surface area contributed by atoms with Gasteiger partial charge in [0.05, 0.1) is 34.8 Å². The van der Waals surface area contributed by atoms with Gasteiger partial charge in [-0.15, -0.1) is 0 Å². The molecule has 4 atom stereocenters. The second-order valence-electron chi connectivity index (χ2n) is 13.5. The summed E-state index contributed by atoms with van der Waals surface area (Å²) >= 11 is 0. The number of aromatic hydroxyl groups is 1. The van der Waals surface area contributed by atoms with Crippen molar-refractivity contribution in [2.45, 2.75) is 57.9 Å². The number of hydrogen-bond acceptors (Lipinski definition) is 5. The van der Waals surface area contributed by atoms with Crippen LogP contribution >= 0.6 is 0 Å². The summed E-state index contributed by atoms with van der Waals surface area (Å²) in [5.74, 6) is -6.31. The molecule has 0 unspecified atom stereocenters. The number of anilines is 1. The fourth-order valence-corrected chi connectivity index (χ4v) is 7.62. The Morgan fingerprint density at radius 3 is 2.18 bits per heavy atom. The normalized spacial score (nSPS) is 22.9. The largest absolute Gasteiger partial charge is 0.505 e. The number of amides is 2. The van der Waals surface area contributed by atoms with Gasteiger partial charge in [0, 0.05) is 0 Å². The maximum Gasteiger partial charge on any atom is 0.455 e. The number of benzene rings is 3. The molecule has 2 fully saturated rings. The molecule has 2 saturated heterocycles. The SMILES string of the molecule is CC(C)C1=C2[C@@H](CC/C(=C/c3ccc(O)c(F)c3)c3ccccc3)OB(O)C[C@@H]2[C@@H]2C(=O)N(c3cc(C(F)(F)F)cc(C(F)(F)F)c3)C(=O)[C@@H]2C1. The number of halogens is 7. The molecular formula is C37H33BF7NO5. The van der Waals surface area contributed by atoms with Crippen LogP contribution in [0.25, 0.3) is 11.6 Å². The predicted molar refractivity (Wildman–Crippen MR) is 175 cm³/mol. The predicted octanol–water partition coefficient (Wildman–Crippen LogP) is 8.55. The van der Waals surface area contributed by atoms with Gasteiger partial charge >= 0.3 is 19.5 Å². The van der Waals surface area contributed by atoms with E-state index in [2.05, 4.69) is 0 Å². The van der Waals surface area contributed by atoms with E-state index in [9.17, 15) is 50.5 Å². The van der Waals surface area contributed by atoms with E-state index in [4.69, 9.17) is 4.65 Å². The number of carbonyl (C=O) groups is 2. The van der Waals surface area contributed by atoms with Gasteiger partial charge in [-0.3, -0.25) is 9.59 Å². The zero-order valence-electron chi connectivity index (χ0n) is 27.4. The summed E-state index contributed by atoms with van der Waals surface area (Å²) < 4.78 is 103. The Morgan fingerprint density at radius 2 is 1.59 bits per heavy atom. The molecule has 2 amide bonds. The molecule has 1 aliphatic carbocycles. The van der Waals surface area contributed by atoms with Crippen LogP contribution in [-0.2, 0) is 26.6 Å². The lowest BCUT2D eigenvalue weighted by Crippen LogP contribution is -2.46. The fourth-order valence-electron chi connectivity index (χ4n) is 7.62. The molecule has 0 radical (unpaired) electrons. The summed E-state index contributed by atoms with van der Waals surface area (Å²) in [6, 6.07) is 13.9. The van der Waals surface area contributed by atoms with Crippen LogP contribution in [0.2, 0.25) is 6.32 Å². The van der Waals surface area contributed by atoms with Gasteiger partial charge in [-0.25, -0.2) is 9.29 Å². The highest BCUT2D eigenvalue weighted by molar-refractivity contribution is 6.43. The molecule has 6 rings (SSSR count). The van der Waals surface area contributed by atoms with Crippen LogP contribution in [0.5, 0.6) is 5.75 Å². The van der Waals surface area contributed by atoms with E-state index in [1.807, 2.05) is 44.2 Å². The number of carbonyl (C=O) groups excluding carboxylic acids is 2. The molecule has 0 saturated carbocycles. The minimum absolute atomic E-state index is 0.0322. The van der Waals surface area contributed by atoms with E-state index >= 15 is 0 Å². The number of allylic oxidation sites excluding steroid dienone is 2. The molecule has 2 heterocycles. The third-order valence-corrected chi connectivity index (χ3v) is 9.90. The van der Waals surface area contributed by atoms with Crippen LogP contribution in [0.15, 0.2) is 77.9 Å². The Morgan fingerprint density at radius 1 is 0.941 bits per heavy atom. The first-order valence-corrected chi connectivity index (χ1v) is 16.4. The van der Waals surface area contributed by atoms with Crippen molar-refractivity contribution in [2.75, 3.05) is 4.90 Å². The standard InChI is InChI=1S/C37H33BF7NO5/c1-19(2)26-17-27-33(35(49)46(34(27)48)25-15-23(36(40,41)42)14-24(16-25)37(43,44)45)28-18-38(50)51-31(32(26)28)11-9-22(21-6-4-3-5-7-21)12-20-8-10-30(47)29(39)13-20/h3-8,10,12-16,19,27-28,31,33,47,50H,9,11,17-18H2,1-2H3/b22-12-/t27-,28+,31-,33-/m1/s1. The third-order valence-electron chi connectivity index (χ3n) is 9.90. The summed E-state index contributed by atoms with van der Waals surface area (Å²) in [6.07, 6.45) is -8.85. The maximum atomic E-state index is 14.2. The Labute approximate surface area is 289 Å². The fraction of sp³-hybridized carbons (Fsp3) is 0.351. The number of phenols is 1. The van der Waals surface area contributed by atoms with Gasteiger partial charge in [-0.2, -0.15) is 26.3 Å². The molecule has 0 bridgehead atoms. The number of imide groups is 1. The lowest BCUT2D eigenvalue weighted by atomic mass is 9.57. The quantitative estimate of drug-likeness (QED) is 0.0843. The molecule has 268 valence electrons. The van der Waals surface area contributed by atoms with Gasteiger partial charge in [0.2, 0.25) is 11.8 Å². The van der Waals surface area contributed by atoms with E-state index in [0.717, 1.165) is 16.7 Å². The van der Waals surface area contributed by atoms with Crippen LogP contribution in [0.1, 0.15) is 55.4 Å². The van der Waals surface area contributed by atoms with Crippen molar-refractivity contribution < 1.29 is 55.1 Å². The molecule has 3 aromatic carbocycles. The van der Waals surface area contributed by atoms with Crippen LogP contribution in [0.4, 0.5) is 36.4 Å². The van der Waals surface area contributed by atoms with Crippen molar-refractivity contribution in [3.8, 4) is 5.75 Å². The second kappa shape index (κ2) is 13.6. The number of hydrogen-bond donors (Lipinski definition) is 2. The zero-order chi connectivity index (χ0) is 37.0. The topological polar surface area (TPSA) is 87.1 Å². The van der Waals surface area contributed by atoms with E-state index in [-0.39, 0.29) is 31.1 Å². The lowest BCUT2D eigenvalue weighted by Gasteiger charge is -2.44. The first kappa shape index (κ1) is 36.4. The Bertz CT molecular complexity index is 1870. The van der Waals surface area contributed by atoms with Gasteiger partial charge in [0.25, 0.3) is 0 Å². The van der Waals surface area contributed by atoms with Gasteiger partial charge < -0.3 is 14.8 Å². The molecule has 2 aliphatic heterocycles. The van der Waals surface area contributed by atoms with E-state index < -0.39 is 83.5 Å². The molecule has 0 aromatic heterocycles. The average Bonchev–Trinajstić information content (AvgIpc) is 3.32. The second-order valence-corrected chi connectivity index (χ2v) is 13.5. The summed E-state index contributed by atoms with van der Waals surface area (Å²) in [4.78, 5) is 28.3. The molecule has 0 spiro atoms. The highest BCUT2D eigenvalue weighted by Crippen LogP contribution is 2.53. The Balaban J connectivity index is 1.36. The summed E-state index contributed by atoms with van der Waals surface area (Å²) in [5, 5.41) is 20.6. The van der Waals surface area contributed by atoms with E-state index in [0.29, 0.717) is 34.6 Å². The Kier molecular flexibility index (Phi) is 9.70. The Hall–Kier alpha value is -4.43. The van der Waals surface area contributed by atoms with Crippen LogP contribution in [0.3, 0.4) is 0 Å². The highest BCUT2D eigenvalue weighted by Gasteiger charge is 2.58. The summed E-state index contributed by atoms with van der Waals surface area (Å²) in [6.45, 7) is 3.75. The molecule has 14 heteroatoms. The average molecular weight is 715 g/mol. The number of nitrogens with zero attached hydrogens (tertiary/aromatic N) is 1. The first-order chi connectivity index (χ1) is 23.9. The maximum absolute atomic E-state index is 14.2. The van der Waals surface area contributed by atoms with Crippen molar-refractivity contribution in [1.29, 1.82) is 0 Å². The van der Waals surface area contributed by atoms with Crippen LogP contribution in [0, 0.1) is 29.5 Å². The van der Waals surface area contributed by atoms with Crippen LogP contribution < -0.4 is 4.90 Å². The van der Waals surface area contributed by atoms with Crippen molar-refractivity contribution in [1.82, 2.24) is 0 Å². The van der Waals surface area contributed by atoms with Gasteiger partial charge in [0.1, 0.15) is 0 Å². The number of phenolic OH excluding ortho intramolecular Hbond substituents is 1. The molecule has 6 nitrogen and oxygen atoms in total. The molecule has 3 aromatic rings. The van der Waals surface area contributed by atoms with E-state index in [1.54, 1.807) is 12.1 Å². The van der Waals surface area contributed by atoms with Gasteiger partial charge in [-0.1, -0.05) is 61.9 Å². The minimum atomic E-state index is -5.18. The van der Waals surface area contributed by atoms with Crippen molar-refractivity contribution >= 4 is 36.3 Å². The van der Waals surface area contributed by atoms with Crippen molar-refractivity contribution in [3.63, 3.8) is 0 Å². The van der Waals surface area contributed by atoms with Gasteiger partial charge in [-0.05, 0) is 90.0 Å². The summed E-state index contributed by atoms with van der Waals surface area (Å²) in [7, 11) is -1.38. The highest BCUT2D eigenvalue weighted by atomic mass is 19.4.